The van der Waals surface area contributed by atoms with Crippen LogP contribution in [0.25, 0.3) is 0 Å². The summed E-state index contributed by atoms with van der Waals surface area (Å²) in [6.45, 7) is 7.33. The van der Waals surface area contributed by atoms with Crippen LogP contribution in [0.4, 0.5) is 9.59 Å². The number of hydrogen-bond acceptors (Lipinski definition) is 6. The number of carbonyl (C=O) groups excluding carboxylic acids is 2. The van der Waals surface area contributed by atoms with E-state index in [4.69, 9.17) is 9.47 Å². The number of rotatable bonds is 12. The van der Waals surface area contributed by atoms with Gasteiger partial charge >= 0.3 is 12.2 Å². The Morgan fingerprint density at radius 2 is 1.44 bits per heavy atom. The first-order valence-electron chi connectivity index (χ1n) is 13.8. The van der Waals surface area contributed by atoms with E-state index in [-0.39, 0.29) is 13.2 Å². The minimum absolute atomic E-state index is 0.0143. The second kappa shape index (κ2) is 15.6. The molecule has 0 fully saturated rings. The molecule has 8 nitrogen and oxygen atoms in total. The van der Waals surface area contributed by atoms with Gasteiger partial charge in [-0.15, -0.1) is 0 Å². The molecule has 218 valence electrons. The summed E-state index contributed by atoms with van der Waals surface area (Å²) in [6, 6.07) is 27.5. The zero-order valence-electron chi connectivity index (χ0n) is 24.2. The summed E-state index contributed by atoms with van der Waals surface area (Å²) in [6.07, 6.45) is 1.77. The second-order valence-electron chi connectivity index (χ2n) is 10.7. The number of nitrogens with zero attached hydrogens (tertiary/aromatic N) is 1. The highest BCUT2D eigenvalue weighted by Gasteiger charge is 2.30. The summed E-state index contributed by atoms with van der Waals surface area (Å²) >= 11 is 0. The predicted octanol–water partition coefficient (Wildman–Crippen LogP) is 5.94. The first kappa shape index (κ1) is 31.4. The third kappa shape index (κ3) is 11.1. The average molecular weight is 560 g/mol. The third-order valence-corrected chi connectivity index (χ3v) is 6.15. The van der Waals surface area contributed by atoms with E-state index in [2.05, 4.69) is 10.7 Å². The maximum absolute atomic E-state index is 12.9. The van der Waals surface area contributed by atoms with Crippen LogP contribution in [0.15, 0.2) is 103 Å². The molecule has 0 spiro atoms. The van der Waals surface area contributed by atoms with Crippen molar-refractivity contribution in [2.45, 2.75) is 64.5 Å². The van der Waals surface area contributed by atoms with Crippen LogP contribution in [0.3, 0.4) is 0 Å². The molecule has 0 aromatic heterocycles. The fourth-order valence-electron chi connectivity index (χ4n) is 4.27. The van der Waals surface area contributed by atoms with Crippen molar-refractivity contribution in [3.8, 4) is 0 Å². The molecule has 8 heteroatoms. The number of aliphatic hydroxyl groups is 1. The van der Waals surface area contributed by atoms with Crippen LogP contribution < -0.4 is 10.7 Å². The van der Waals surface area contributed by atoms with Gasteiger partial charge in [-0.3, -0.25) is 5.43 Å². The molecule has 3 aromatic carbocycles. The molecule has 0 radical (unpaired) electrons. The second-order valence-corrected chi connectivity index (χ2v) is 10.7. The van der Waals surface area contributed by atoms with Crippen LogP contribution in [-0.2, 0) is 22.5 Å². The quantitative estimate of drug-likeness (QED) is 0.188. The van der Waals surface area contributed by atoms with Gasteiger partial charge in [0.25, 0.3) is 0 Å². The molecule has 0 bridgehead atoms. The van der Waals surface area contributed by atoms with E-state index >= 15 is 0 Å². The summed E-state index contributed by atoms with van der Waals surface area (Å²) in [4.78, 5) is 25.7. The Labute approximate surface area is 243 Å². The standard InChI is InChI=1S/C33H41N3O5/c1-5-15-29(27-20-13-8-14-21-27)36(35-32(39)41-33(2,3)4)23-30(37)28(22-25-16-9-6-10-17-25)34-31(38)40-24-26-18-11-7-12-19-26/h5-21,28-30,37H,22-24H2,1-4H3,(H,34,38)(H,35,39)/b15-5+/t28-,29?,30?/m0/s1. The van der Waals surface area contributed by atoms with E-state index in [0.717, 1.165) is 16.7 Å². The van der Waals surface area contributed by atoms with E-state index in [0.29, 0.717) is 6.42 Å². The number of amides is 2. The van der Waals surface area contributed by atoms with Crippen molar-refractivity contribution in [2.75, 3.05) is 6.54 Å². The van der Waals surface area contributed by atoms with Crippen LogP contribution in [0, 0.1) is 0 Å². The zero-order chi connectivity index (χ0) is 29.7. The lowest BCUT2D eigenvalue weighted by molar-refractivity contribution is 0.00811. The van der Waals surface area contributed by atoms with Gasteiger partial charge in [0.1, 0.15) is 12.2 Å². The molecule has 2 amide bonds. The molecule has 0 saturated heterocycles. The number of hydrazine groups is 1. The highest BCUT2D eigenvalue weighted by molar-refractivity contribution is 5.68. The van der Waals surface area contributed by atoms with Crippen LogP contribution in [0.5, 0.6) is 0 Å². The molecule has 3 N–H and O–H groups in total. The number of hydrogen-bond donors (Lipinski definition) is 3. The number of benzene rings is 3. The lowest BCUT2D eigenvalue weighted by Gasteiger charge is -2.35. The molecule has 2 unspecified atom stereocenters. The van der Waals surface area contributed by atoms with Gasteiger partial charge in [0.15, 0.2) is 0 Å². The summed E-state index contributed by atoms with van der Waals surface area (Å²) in [5, 5.41) is 16.0. The van der Waals surface area contributed by atoms with Crippen molar-refractivity contribution in [2.24, 2.45) is 0 Å². The van der Waals surface area contributed by atoms with Crippen LogP contribution in [-0.4, -0.2) is 46.6 Å². The minimum Gasteiger partial charge on any atom is -0.445 e. The van der Waals surface area contributed by atoms with Crippen molar-refractivity contribution >= 4 is 12.2 Å². The Morgan fingerprint density at radius 1 is 0.878 bits per heavy atom. The van der Waals surface area contributed by atoms with E-state index in [9.17, 15) is 14.7 Å². The molecule has 0 heterocycles. The van der Waals surface area contributed by atoms with Gasteiger partial charge in [-0.25, -0.2) is 14.6 Å². The van der Waals surface area contributed by atoms with Gasteiger partial charge in [-0.05, 0) is 50.8 Å². The van der Waals surface area contributed by atoms with Crippen LogP contribution in [0.2, 0.25) is 0 Å². The van der Waals surface area contributed by atoms with Gasteiger partial charge in [-0.2, -0.15) is 0 Å². The number of allylic oxidation sites excluding steroid dienone is 1. The Balaban J connectivity index is 1.84. The molecule has 3 rings (SSSR count). The number of carbonyl (C=O) groups is 2. The van der Waals surface area contributed by atoms with Gasteiger partial charge in [0.05, 0.1) is 18.2 Å². The van der Waals surface area contributed by atoms with E-state index in [1.807, 2.05) is 110 Å². The largest absolute Gasteiger partial charge is 0.445 e. The van der Waals surface area contributed by atoms with Gasteiger partial charge in [0.2, 0.25) is 0 Å². The first-order valence-corrected chi connectivity index (χ1v) is 13.8. The van der Waals surface area contributed by atoms with Gasteiger partial charge in [-0.1, -0.05) is 103 Å². The lowest BCUT2D eigenvalue weighted by Crippen LogP contribution is -2.54. The Hall–Kier alpha value is -4.14. The molecular formula is C33H41N3O5. The monoisotopic (exact) mass is 559 g/mol. The van der Waals surface area contributed by atoms with Crippen LogP contribution in [0.1, 0.15) is 50.4 Å². The zero-order valence-corrected chi connectivity index (χ0v) is 24.2. The maximum Gasteiger partial charge on any atom is 0.422 e. The maximum atomic E-state index is 12.9. The molecule has 0 aliphatic rings. The molecular weight excluding hydrogens is 518 g/mol. The predicted molar refractivity (Wildman–Crippen MR) is 160 cm³/mol. The van der Waals surface area contributed by atoms with Crippen molar-refractivity contribution in [1.82, 2.24) is 15.8 Å². The third-order valence-electron chi connectivity index (χ3n) is 6.15. The molecule has 0 aliphatic carbocycles. The number of alkyl carbamates (subject to hydrolysis) is 1. The smallest absolute Gasteiger partial charge is 0.422 e. The molecule has 3 atom stereocenters. The lowest BCUT2D eigenvalue weighted by atomic mass is 10.00. The first-order chi connectivity index (χ1) is 19.6. The minimum atomic E-state index is -1.09. The number of aliphatic hydroxyl groups excluding tert-OH is 1. The fourth-order valence-corrected chi connectivity index (χ4v) is 4.27. The molecule has 41 heavy (non-hydrogen) atoms. The highest BCUT2D eigenvalue weighted by atomic mass is 16.6. The normalized spacial score (nSPS) is 13.8. The van der Waals surface area contributed by atoms with Crippen molar-refractivity contribution in [1.29, 1.82) is 0 Å². The highest BCUT2D eigenvalue weighted by Crippen LogP contribution is 2.22. The van der Waals surface area contributed by atoms with E-state index in [1.165, 1.54) is 0 Å². The molecule has 3 aromatic rings. The van der Waals surface area contributed by atoms with E-state index in [1.54, 1.807) is 25.8 Å². The van der Waals surface area contributed by atoms with Gasteiger partial charge < -0.3 is 19.9 Å². The number of ether oxygens (including phenoxy) is 2. The number of nitrogens with one attached hydrogen (secondary N) is 2. The van der Waals surface area contributed by atoms with Crippen LogP contribution >= 0.6 is 0 Å². The summed E-state index contributed by atoms with van der Waals surface area (Å²) < 4.78 is 11.0. The van der Waals surface area contributed by atoms with Crippen molar-refractivity contribution in [3.05, 3.63) is 120 Å². The topological polar surface area (TPSA) is 100 Å². The van der Waals surface area contributed by atoms with Gasteiger partial charge in [0, 0.05) is 6.54 Å². The Bertz CT molecular complexity index is 1230. The SMILES string of the molecule is C/C=C/C(c1ccccc1)N(CC(O)[C@H](Cc1ccccc1)NC(=O)OCc1ccccc1)NC(=O)OC(C)(C)C. The molecule has 0 aliphatic heterocycles. The molecule has 0 saturated carbocycles. The van der Waals surface area contributed by atoms with Crippen molar-refractivity contribution < 1.29 is 24.2 Å². The Kier molecular flexibility index (Phi) is 11.9. The van der Waals surface area contributed by atoms with E-state index < -0.39 is 36.0 Å². The summed E-state index contributed by atoms with van der Waals surface area (Å²) in [5.74, 6) is 0. The fraction of sp³-hybridized carbons (Fsp3) is 0.333. The summed E-state index contributed by atoms with van der Waals surface area (Å²) in [7, 11) is 0. The Morgan fingerprint density at radius 3 is 2.00 bits per heavy atom. The summed E-state index contributed by atoms with van der Waals surface area (Å²) in [5.41, 5.74) is 4.80. The average Bonchev–Trinajstić information content (AvgIpc) is 2.94. The van der Waals surface area contributed by atoms with Crippen molar-refractivity contribution in [3.63, 3.8) is 0 Å².